The van der Waals surface area contributed by atoms with Crippen LogP contribution in [-0.2, 0) is 0 Å². The van der Waals surface area contributed by atoms with Gasteiger partial charge in [0.25, 0.3) is 0 Å². The molecule has 0 radical (unpaired) electrons. The number of Topliss-reactive ketones (excluding diaryl/α,β-unsaturated/α-hetero) is 1. The first kappa shape index (κ1) is 13.0. The van der Waals surface area contributed by atoms with Crippen LogP contribution in [0.1, 0.15) is 17.3 Å². The standard InChI is InChI=1S/C11H14BrNO3/c1-3-16-11-9(15-2)5-4-7(12)10(11)8(14)6-13/h4-5H,3,6,13H2,1-2H3. The van der Waals surface area contributed by atoms with Gasteiger partial charge in [-0.1, -0.05) is 0 Å². The lowest BCUT2D eigenvalue weighted by molar-refractivity contribution is 0.0996. The molecule has 1 aromatic carbocycles. The fourth-order valence-corrected chi connectivity index (χ4v) is 1.88. The number of carbonyl (C=O) groups excluding carboxylic acids is 1. The molecule has 0 saturated carbocycles. The number of methoxy groups -OCH3 is 1. The second kappa shape index (κ2) is 5.86. The largest absolute Gasteiger partial charge is 0.493 e. The molecule has 0 fully saturated rings. The van der Waals surface area contributed by atoms with E-state index in [9.17, 15) is 4.79 Å². The molecule has 0 aromatic heterocycles. The zero-order valence-corrected chi connectivity index (χ0v) is 10.8. The topological polar surface area (TPSA) is 61.5 Å². The van der Waals surface area contributed by atoms with Crippen molar-refractivity contribution >= 4 is 21.7 Å². The zero-order chi connectivity index (χ0) is 12.1. The SMILES string of the molecule is CCOc1c(OC)ccc(Br)c1C(=O)CN. The van der Waals surface area contributed by atoms with Gasteiger partial charge in [0.15, 0.2) is 17.3 Å². The minimum atomic E-state index is -0.186. The summed E-state index contributed by atoms with van der Waals surface area (Å²) in [4.78, 5) is 11.7. The van der Waals surface area contributed by atoms with Gasteiger partial charge in [-0.2, -0.15) is 0 Å². The predicted molar refractivity (Wildman–Crippen MR) is 65.2 cm³/mol. The van der Waals surface area contributed by atoms with Crippen LogP contribution >= 0.6 is 15.9 Å². The Kier molecular flexibility index (Phi) is 4.76. The molecule has 0 aliphatic heterocycles. The number of ketones is 1. The maximum absolute atomic E-state index is 11.7. The molecule has 4 nitrogen and oxygen atoms in total. The molecule has 0 amide bonds. The highest BCUT2D eigenvalue weighted by Crippen LogP contribution is 2.36. The summed E-state index contributed by atoms with van der Waals surface area (Å²) in [5, 5.41) is 0. The quantitative estimate of drug-likeness (QED) is 0.842. The first-order valence-electron chi connectivity index (χ1n) is 4.88. The minimum absolute atomic E-state index is 0.0636. The van der Waals surface area contributed by atoms with Crippen molar-refractivity contribution in [3.63, 3.8) is 0 Å². The molecule has 0 bridgehead atoms. The van der Waals surface area contributed by atoms with E-state index < -0.39 is 0 Å². The van der Waals surface area contributed by atoms with Gasteiger partial charge in [-0.05, 0) is 35.0 Å². The normalized spacial score (nSPS) is 10.0. The van der Waals surface area contributed by atoms with Crippen LogP contribution in [0.2, 0.25) is 0 Å². The average molecular weight is 288 g/mol. The highest BCUT2D eigenvalue weighted by molar-refractivity contribution is 9.10. The predicted octanol–water partition coefficient (Wildman–Crippen LogP) is 2.00. The molecule has 88 valence electrons. The number of hydrogen-bond donors (Lipinski definition) is 1. The third-order valence-corrected chi connectivity index (χ3v) is 2.70. The van der Waals surface area contributed by atoms with E-state index in [-0.39, 0.29) is 12.3 Å². The summed E-state index contributed by atoms with van der Waals surface area (Å²) < 4.78 is 11.2. The molecule has 5 heteroatoms. The van der Waals surface area contributed by atoms with E-state index in [0.29, 0.717) is 28.1 Å². The molecule has 0 saturated heterocycles. The van der Waals surface area contributed by atoms with Gasteiger partial charge < -0.3 is 15.2 Å². The summed E-state index contributed by atoms with van der Waals surface area (Å²) >= 11 is 3.31. The van der Waals surface area contributed by atoms with Gasteiger partial charge in [0.05, 0.1) is 25.8 Å². The van der Waals surface area contributed by atoms with Gasteiger partial charge in [0.1, 0.15) is 0 Å². The van der Waals surface area contributed by atoms with E-state index in [1.54, 1.807) is 12.1 Å². The van der Waals surface area contributed by atoms with Crippen molar-refractivity contribution in [1.82, 2.24) is 0 Å². The van der Waals surface area contributed by atoms with Crippen molar-refractivity contribution in [3.05, 3.63) is 22.2 Å². The van der Waals surface area contributed by atoms with Crippen molar-refractivity contribution < 1.29 is 14.3 Å². The molecule has 0 aliphatic rings. The fourth-order valence-electron chi connectivity index (χ4n) is 1.35. The molecule has 1 aromatic rings. The molecule has 0 heterocycles. The lowest BCUT2D eigenvalue weighted by Gasteiger charge is -2.14. The molecule has 0 atom stereocenters. The van der Waals surface area contributed by atoms with Crippen LogP contribution in [0.4, 0.5) is 0 Å². The Morgan fingerprint density at radius 3 is 2.69 bits per heavy atom. The summed E-state index contributed by atoms with van der Waals surface area (Å²) in [5.74, 6) is 0.783. The molecule has 2 N–H and O–H groups in total. The van der Waals surface area contributed by atoms with E-state index in [4.69, 9.17) is 15.2 Å². The molecular weight excluding hydrogens is 274 g/mol. The average Bonchev–Trinajstić information content (AvgIpc) is 2.29. The van der Waals surface area contributed by atoms with Crippen molar-refractivity contribution in [2.24, 2.45) is 5.73 Å². The number of halogens is 1. The Morgan fingerprint density at radius 2 is 2.19 bits per heavy atom. The maximum Gasteiger partial charge on any atom is 0.181 e. The Balaban J connectivity index is 3.35. The lowest BCUT2D eigenvalue weighted by Crippen LogP contribution is -2.16. The number of carbonyl (C=O) groups is 1. The van der Waals surface area contributed by atoms with Crippen LogP contribution in [0.15, 0.2) is 16.6 Å². The Hall–Kier alpha value is -1.07. The molecule has 16 heavy (non-hydrogen) atoms. The third kappa shape index (κ3) is 2.54. The van der Waals surface area contributed by atoms with Gasteiger partial charge in [-0.3, -0.25) is 4.79 Å². The number of hydrogen-bond acceptors (Lipinski definition) is 4. The zero-order valence-electron chi connectivity index (χ0n) is 9.25. The van der Waals surface area contributed by atoms with Gasteiger partial charge in [0.2, 0.25) is 0 Å². The van der Waals surface area contributed by atoms with E-state index in [0.717, 1.165) is 0 Å². The molecule has 1 rings (SSSR count). The number of ether oxygens (including phenoxy) is 2. The van der Waals surface area contributed by atoms with Crippen molar-refractivity contribution in [1.29, 1.82) is 0 Å². The Labute approximate surface area is 103 Å². The van der Waals surface area contributed by atoms with E-state index in [2.05, 4.69) is 15.9 Å². The highest BCUT2D eigenvalue weighted by atomic mass is 79.9. The third-order valence-electron chi connectivity index (χ3n) is 2.04. The number of benzene rings is 1. The molecule has 0 spiro atoms. The van der Waals surface area contributed by atoms with E-state index >= 15 is 0 Å². The molecular formula is C11H14BrNO3. The second-order valence-electron chi connectivity index (χ2n) is 3.01. The van der Waals surface area contributed by atoms with E-state index in [1.807, 2.05) is 6.92 Å². The van der Waals surface area contributed by atoms with Crippen LogP contribution in [0.3, 0.4) is 0 Å². The Morgan fingerprint density at radius 1 is 1.50 bits per heavy atom. The number of rotatable bonds is 5. The van der Waals surface area contributed by atoms with Crippen LogP contribution < -0.4 is 15.2 Å². The first-order chi connectivity index (χ1) is 7.65. The summed E-state index contributed by atoms with van der Waals surface area (Å²) in [6, 6.07) is 3.48. The van der Waals surface area contributed by atoms with Crippen LogP contribution in [0.25, 0.3) is 0 Å². The van der Waals surface area contributed by atoms with Gasteiger partial charge in [-0.15, -0.1) is 0 Å². The maximum atomic E-state index is 11.7. The van der Waals surface area contributed by atoms with Crippen molar-refractivity contribution in [2.75, 3.05) is 20.3 Å². The fraction of sp³-hybridized carbons (Fsp3) is 0.364. The lowest BCUT2D eigenvalue weighted by atomic mass is 10.1. The van der Waals surface area contributed by atoms with Crippen LogP contribution in [-0.4, -0.2) is 26.0 Å². The van der Waals surface area contributed by atoms with Crippen molar-refractivity contribution in [3.8, 4) is 11.5 Å². The first-order valence-corrected chi connectivity index (χ1v) is 5.67. The Bertz CT molecular complexity index is 393. The smallest absolute Gasteiger partial charge is 0.181 e. The van der Waals surface area contributed by atoms with Gasteiger partial charge in [-0.25, -0.2) is 0 Å². The number of nitrogens with two attached hydrogens (primary N) is 1. The summed E-state index contributed by atoms with van der Waals surface area (Å²) in [6.07, 6.45) is 0. The van der Waals surface area contributed by atoms with Gasteiger partial charge >= 0.3 is 0 Å². The molecule has 0 unspecified atom stereocenters. The van der Waals surface area contributed by atoms with Gasteiger partial charge in [0, 0.05) is 4.47 Å². The second-order valence-corrected chi connectivity index (χ2v) is 3.87. The highest BCUT2D eigenvalue weighted by Gasteiger charge is 2.19. The van der Waals surface area contributed by atoms with E-state index in [1.165, 1.54) is 7.11 Å². The summed E-state index contributed by atoms with van der Waals surface area (Å²) in [6.45, 7) is 2.24. The van der Waals surface area contributed by atoms with Crippen LogP contribution in [0, 0.1) is 0 Å². The summed E-state index contributed by atoms with van der Waals surface area (Å²) in [7, 11) is 1.53. The monoisotopic (exact) mass is 287 g/mol. The van der Waals surface area contributed by atoms with Crippen LogP contribution in [0.5, 0.6) is 11.5 Å². The van der Waals surface area contributed by atoms with Crippen molar-refractivity contribution in [2.45, 2.75) is 6.92 Å². The minimum Gasteiger partial charge on any atom is -0.493 e. The summed E-state index contributed by atoms with van der Waals surface area (Å²) in [5.41, 5.74) is 5.80. The molecule has 0 aliphatic carbocycles.